The molecule has 348 valence electrons. The molecule has 14 rings (SSSR count). The molecule has 0 aliphatic heterocycles. The minimum Gasteiger partial charge on any atom is -0.311 e. The number of rotatable bonds is 10. The van der Waals surface area contributed by atoms with Gasteiger partial charge in [-0.05, 0) is 158 Å². The highest BCUT2D eigenvalue weighted by Gasteiger charge is 2.46. The molecule has 3 heteroatoms. The number of anilines is 6. The van der Waals surface area contributed by atoms with Crippen LogP contribution in [-0.4, -0.2) is 4.57 Å². The SMILES string of the molecule is [2H]c1c([2H])c(N(c2ccccc2)c2ccccc2)c([2H])c([2H])c1-c1ccc2cc(N(c3ccc4c(c3)C(c3ccccc3)(c3ccccc3)c3ccccc3-4)c3ccc4c(c3)c3ccccc3n4-c3ccccc3)ccc2c1. The minimum absolute atomic E-state index is 0.102. The molecular formula is C71H49N3. The van der Waals surface area contributed by atoms with Crippen LogP contribution in [0.25, 0.3) is 60.5 Å². The summed E-state index contributed by atoms with van der Waals surface area (Å²) in [6.45, 7) is 0. The first-order valence-electron chi connectivity index (χ1n) is 27.2. The summed E-state index contributed by atoms with van der Waals surface area (Å²) in [6.07, 6.45) is 0. The maximum Gasteiger partial charge on any atom is 0.0714 e. The largest absolute Gasteiger partial charge is 0.311 e. The Kier molecular flexibility index (Phi) is 9.41. The molecule has 0 saturated heterocycles. The van der Waals surface area contributed by atoms with Gasteiger partial charge < -0.3 is 14.4 Å². The van der Waals surface area contributed by atoms with Gasteiger partial charge in [0.1, 0.15) is 0 Å². The molecule has 0 saturated carbocycles. The van der Waals surface area contributed by atoms with Crippen LogP contribution in [0.5, 0.6) is 0 Å². The lowest BCUT2D eigenvalue weighted by Crippen LogP contribution is -2.28. The average Bonchev–Trinajstić information content (AvgIpc) is 4.18. The topological polar surface area (TPSA) is 11.4 Å². The first-order chi connectivity index (χ1) is 38.4. The zero-order valence-electron chi connectivity index (χ0n) is 44.3. The summed E-state index contributed by atoms with van der Waals surface area (Å²) in [6, 6.07) is 94.8. The maximum absolute atomic E-state index is 9.48. The maximum atomic E-state index is 9.48. The Labute approximate surface area is 437 Å². The van der Waals surface area contributed by atoms with E-state index in [1.54, 1.807) is 4.90 Å². The Bertz CT molecular complexity index is 4320. The van der Waals surface area contributed by atoms with Crippen molar-refractivity contribution >= 4 is 66.7 Å². The van der Waals surface area contributed by atoms with E-state index in [-0.39, 0.29) is 35.4 Å². The Balaban J connectivity index is 0.951. The van der Waals surface area contributed by atoms with Crippen LogP contribution < -0.4 is 9.80 Å². The summed E-state index contributed by atoms with van der Waals surface area (Å²) >= 11 is 0. The van der Waals surface area contributed by atoms with E-state index in [0.29, 0.717) is 5.56 Å². The van der Waals surface area contributed by atoms with Gasteiger partial charge in [-0.15, -0.1) is 0 Å². The standard InChI is InChI=1S/C71H49N3/c1-6-20-54(21-7-1)71(55-22-8-2-9-23-55)67-32-18-16-30-63(67)64-44-42-62(49-68(64)71)73(61-43-45-70-66(48-61)65-31-17-19-33-69(65)74(70)58-28-14-5-15-29-58)60-41-38-52-46-51(34-35-53(52)47-60)50-36-39-59(40-37-50)72(56-24-10-3-11-25-56)57-26-12-4-13-27-57/h1-49H/i36D,37D,39D,40D. The van der Waals surface area contributed by atoms with E-state index in [9.17, 15) is 5.48 Å². The number of fused-ring (bicyclic) bond motifs is 7. The van der Waals surface area contributed by atoms with E-state index >= 15 is 0 Å². The molecule has 0 bridgehead atoms. The summed E-state index contributed by atoms with van der Waals surface area (Å²) in [5.74, 6) is 0. The molecule has 13 aromatic rings. The Hall–Kier alpha value is -9.70. The minimum atomic E-state index is -0.603. The quantitative estimate of drug-likeness (QED) is 0.135. The van der Waals surface area contributed by atoms with Gasteiger partial charge in [0.05, 0.1) is 21.9 Å². The van der Waals surface area contributed by atoms with Crippen LogP contribution in [0, 0.1) is 0 Å². The molecule has 0 unspecified atom stereocenters. The first-order valence-corrected chi connectivity index (χ1v) is 25.2. The summed E-state index contributed by atoms with van der Waals surface area (Å²) in [4.78, 5) is 4.18. The Morgan fingerprint density at radius 3 is 1.51 bits per heavy atom. The van der Waals surface area contributed by atoms with Crippen molar-refractivity contribution in [3.05, 3.63) is 319 Å². The van der Waals surface area contributed by atoms with Crippen LogP contribution in [0.4, 0.5) is 34.1 Å². The van der Waals surface area contributed by atoms with Crippen molar-refractivity contribution in [1.82, 2.24) is 4.57 Å². The molecule has 74 heavy (non-hydrogen) atoms. The molecule has 12 aromatic carbocycles. The van der Waals surface area contributed by atoms with Crippen LogP contribution in [0.2, 0.25) is 0 Å². The number of hydrogen-bond acceptors (Lipinski definition) is 2. The molecule has 1 aliphatic carbocycles. The van der Waals surface area contributed by atoms with Gasteiger partial charge in [0, 0.05) is 50.6 Å². The molecule has 0 spiro atoms. The highest BCUT2D eigenvalue weighted by Crippen LogP contribution is 2.57. The predicted molar refractivity (Wildman–Crippen MR) is 310 cm³/mol. The summed E-state index contributed by atoms with van der Waals surface area (Å²) in [5.41, 5.74) is 15.5. The zero-order valence-corrected chi connectivity index (χ0v) is 40.3. The van der Waals surface area contributed by atoms with Crippen LogP contribution in [-0.2, 0) is 5.41 Å². The fourth-order valence-corrected chi connectivity index (χ4v) is 11.6. The molecule has 0 radical (unpaired) electrons. The van der Waals surface area contributed by atoms with E-state index in [2.05, 4.69) is 204 Å². The zero-order chi connectivity index (χ0) is 52.5. The highest BCUT2D eigenvalue weighted by molar-refractivity contribution is 6.11. The Morgan fingerprint density at radius 1 is 0.311 bits per heavy atom. The van der Waals surface area contributed by atoms with Gasteiger partial charge in [-0.25, -0.2) is 0 Å². The molecule has 1 aliphatic rings. The monoisotopic (exact) mass is 947 g/mol. The van der Waals surface area contributed by atoms with Gasteiger partial charge in [-0.3, -0.25) is 0 Å². The number of aromatic nitrogens is 1. The Morgan fingerprint density at radius 2 is 0.811 bits per heavy atom. The van der Waals surface area contributed by atoms with E-state index in [0.717, 1.165) is 66.7 Å². The smallest absolute Gasteiger partial charge is 0.0714 e. The lowest BCUT2D eigenvalue weighted by atomic mass is 9.67. The van der Waals surface area contributed by atoms with E-state index in [1.807, 2.05) is 78.9 Å². The second-order valence-electron chi connectivity index (χ2n) is 19.0. The summed E-state index contributed by atoms with van der Waals surface area (Å²) in [7, 11) is 0. The molecule has 0 N–H and O–H groups in total. The van der Waals surface area contributed by atoms with Crippen LogP contribution in [0.1, 0.15) is 27.7 Å². The highest BCUT2D eigenvalue weighted by atomic mass is 15.1. The van der Waals surface area contributed by atoms with Gasteiger partial charge in [0.15, 0.2) is 0 Å². The lowest BCUT2D eigenvalue weighted by Gasteiger charge is -2.35. The van der Waals surface area contributed by atoms with Gasteiger partial charge >= 0.3 is 0 Å². The van der Waals surface area contributed by atoms with Crippen LogP contribution in [0.3, 0.4) is 0 Å². The van der Waals surface area contributed by atoms with Gasteiger partial charge in [0.25, 0.3) is 0 Å². The van der Waals surface area contributed by atoms with Crippen molar-refractivity contribution < 1.29 is 5.48 Å². The number of benzene rings is 12. The molecule has 0 fully saturated rings. The number of para-hydroxylation sites is 4. The van der Waals surface area contributed by atoms with E-state index in [4.69, 9.17) is 0 Å². The normalized spacial score (nSPS) is 13.2. The molecule has 1 aromatic heterocycles. The fourth-order valence-electron chi connectivity index (χ4n) is 11.6. The van der Waals surface area contributed by atoms with Gasteiger partial charge in [-0.2, -0.15) is 0 Å². The van der Waals surface area contributed by atoms with Crippen LogP contribution in [0.15, 0.2) is 297 Å². The van der Waals surface area contributed by atoms with Crippen LogP contribution >= 0.6 is 0 Å². The fraction of sp³-hybridized carbons (Fsp3) is 0.0141. The van der Waals surface area contributed by atoms with Crippen molar-refractivity contribution in [2.45, 2.75) is 5.41 Å². The van der Waals surface area contributed by atoms with Crippen molar-refractivity contribution in [1.29, 1.82) is 0 Å². The van der Waals surface area contributed by atoms with Crippen molar-refractivity contribution in [3.8, 4) is 27.9 Å². The second kappa shape index (κ2) is 17.9. The van der Waals surface area contributed by atoms with Crippen molar-refractivity contribution in [3.63, 3.8) is 0 Å². The summed E-state index contributed by atoms with van der Waals surface area (Å²) in [5, 5.41) is 4.17. The van der Waals surface area contributed by atoms with Crippen molar-refractivity contribution in [2.24, 2.45) is 0 Å². The van der Waals surface area contributed by atoms with Crippen molar-refractivity contribution in [2.75, 3.05) is 9.80 Å². The molecule has 0 atom stereocenters. The third-order valence-electron chi connectivity index (χ3n) is 14.9. The number of nitrogens with zero attached hydrogens (tertiary/aromatic N) is 3. The van der Waals surface area contributed by atoms with Gasteiger partial charge in [-0.1, -0.05) is 194 Å². The van der Waals surface area contributed by atoms with E-state index < -0.39 is 5.41 Å². The third-order valence-corrected chi connectivity index (χ3v) is 14.9. The predicted octanol–water partition coefficient (Wildman–Crippen LogP) is 18.9. The number of hydrogen-bond donors (Lipinski definition) is 0. The van der Waals surface area contributed by atoms with Gasteiger partial charge in [0.2, 0.25) is 0 Å². The average molecular weight is 948 g/mol. The molecule has 0 amide bonds. The first kappa shape index (κ1) is 39.0. The molecule has 1 heterocycles. The third kappa shape index (κ3) is 7.04. The molecule has 3 nitrogen and oxygen atoms in total. The van der Waals surface area contributed by atoms with E-state index in [1.165, 1.54) is 33.4 Å². The lowest BCUT2D eigenvalue weighted by molar-refractivity contribution is 0.768. The second-order valence-corrected chi connectivity index (χ2v) is 19.0. The summed E-state index contributed by atoms with van der Waals surface area (Å²) < 4.78 is 40.2. The molecular weight excluding hydrogens is 895 g/mol.